The summed E-state index contributed by atoms with van der Waals surface area (Å²) in [5.41, 5.74) is -1.03. The molecule has 1 heterocycles. The van der Waals surface area contributed by atoms with Crippen molar-refractivity contribution in [1.29, 1.82) is 0 Å². The second-order valence-electron chi connectivity index (χ2n) is 6.51. The number of carbonyl (C=O) groups is 1. The molecular weight excluding hydrogens is 491 g/mol. The highest BCUT2D eigenvalue weighted by atomic mass is 127. The van der Waals surface area contributed by atoms with Gasteiger partial charge < -0.3 is 15.5 Å². The number of amides is 1. The predicted octanol–water partition coefficient (Wildman–Crippen LogP) is 3.39. The quantitative estimate of drug-likeness (QED) is 0.279. The molecular formula is C18H25F4IN4O. The van der Waals surface area contributed by atoms with Crippen LogP contribution in [0.5, 0.6) is 0 Å². The lowest BCUT2D eigenvalue weighted by atomic mass is 9.93. The first-order valence-electron chi connectivity index (χ1n) is 8.76. The fourth-order valence-corrected chi connectivity index (χ4v) is 3.19. The van der Waals surface area contributed by atoms with Gasteiger partial charge in [0.15, 0.2) is 5.96 Å². The third kappa shape index (κ3) is 6.78. The molecule has 1 aliphatic heterocycles. The average Bonchev–Trinajstić information content (AvgIpc) is 2.63. The minimum atomic E-state index is -4.62. The monoisotopic (exact) mass is 516 g/mol. The lowest BCUT2D eigenvalue weighted by molar-refractivity contribution is -0.138. The number of nitrogens with zero attached hydrogens (tertiary/aromatic N) is 2. The number of carbonyl (C=O) groups excluding carboxylic acids is 1. The smallest absolute Gasteiger partial charge is 0.359 e. The van der Waals surface area contributed by atoms with Crippen LogP contribution < -0.4 is 10.6 Å². The summed E-state index contributed by atoms with van der Waals surface area (Å²) >= 11 is 0. The van der Waals surface area contributed by atoms with Crippen molar-refractivity contribution in [1.82, 2.24) is 15.5 Å². The van der Waals surface area contributed by atoms with Gasteiger partial charge in [0.2, 0.25) is 5.91 Å². The molecule has 1 amide bonds. The van der Waals surface area contributed by atoms with E-state index in [4.69, 9.17) is 0 Å². The molecule has 1 fully saturated rings. The largest absolute Gasteiger partial charge is 0.416 e. The first kappa shape index (κ1) is 24.4. The fraction of sp³-hybridized carbons (Fsp3) is 0.556. The van der Waals surface area contributed by atoms with E-state index in [2.05, 4.69) is 15.6 Å². The number of guanidine groups is 1. The van der Waals surface area contributed by atoms with E-state index in [0.29, 0.717) is 31.5 Å². The minimum Gasteiger partial charge on any atom is -0.359 e. The topological polar surface area (TPSA) is 56.7 Å². The summed E-state index contributed by atoms with van der Waals surface area (Å²) in [5.74, 6) is -0.139. The maximum atomic E-state index is 13.2. The number of likely N-dealkylation sites (tertiary alicyclic amines) is 1. The Morgan fingerprint density at radius 2 is 1.93 bits per heavy atom. The van der Waals surface area contributed by atoms with Gasteiger partial charge in [-0.15, -0.1) is 24.0 Å². The normalized spacial score (nSPS) is 15.8. The van der Waals surface area contributed by atoms with Crippen LogP contribution in [0.2, 0.25) is 0 Å². The van der Waals surface area contributed by atoms with E-state index in [1.165, 1.54) is 0 Å². The van der Waals surface area contributed by atoms with Gasteiger partial charge in [-0.25, -0.2) is 4.39 Å². The van der Waals surface area contributed by atoms with Crippen molar-refractivity contribution < 1.29 is 22.4 Å². The molecule has 1 aromatic carbocycles. The van der Waals surface area contributed by atoms with E-state index < -0.39 is 17.6 Å². The van der Waals surface area contributed by atoms with Crippen LogP contribution >= 0.6 is 24.0 Å². The molecule has 0 radical (unpaired) electrons. The Labute approximate surface area is 179 Å². The van der Waals surface area contributed by atoms with Gasteiger partial charge in [-0.1, -0.05) is 6.07 Å². The summed E-state index contributed by atoms with van der Waals surface area (Å²) in [5, 5.41) is 5.54. The van der Waals surface area contributed by atoms with Crippen LogP contribution in [0.1, 0.15) is 30.4 Å². The highest BCUT2D eigenvalue weighted by molar-refractivity contribution is 14.0. The highest BCUT2D eigenvalue weighted by Gasteiger charge is 2.34. The maximum Gasteiger partial charge on any atom is 0.416 e. The number of hydrogen-bond acceptors (Lipinski definition) is 2. The summed E-state index contributed by atoms with van der Waals surface area (Å²) in [6.07, 6.45) is -2.54. The minimum absolute atomic E-state index is 0. The van der Waals surface area contributed by atoms with Crippen molar-refractivity contribution >= 4 is 35.8 Å². The van der Waals surface area contributed by atoms with Crippen molar-refractivity contribution in [3.05, 3.63) is 35.1 Å². The molecule has 0 aliphatic carbocycles. The molecule has 2 rings (SSSR count). The van der Waals surface area contributed by atoms with Gasteiger partial charge in [-0.2, -0.15) is 13.2 Å². The second kappa shape index (κ2) is 10.8. The number of benzene rings is 1. The Balaban J connectivity index is 0.00000392. The highest BCUT2D eigenvalue weighted by Crippen LogP contribution is 2.32. The second-order valence-corrected chi connectivity index (χ2v) is 6.51. The number of rotatable bonds is 4. The Bertz CT molecular complexity index is 689. The third-order valence-corrected chi connectivity index (χ3v) is 4.69. The van der Waals surface area contributed by atoms with Gasteiger partial charge in [-0.05, 0) is 36.5 Å². The number of halogens is 5. The summed E-state index contributed by atoms with van der Waals surface area (Å²) in [6.45, 7) is 1.22. The third-order valence-electron chi connectivity index (χ3n) is 4.69. The molecule has 10 heteroatoms. The zero-order chi connectivity index (χ0) is 20.0. The molecule has 28 heavy (non-hydrogen) atoms. The van der Waals surface area contributed by atoms with Crippen molar-refractivity contribution in [2.75, 3.05) is 27.2 Å². The predicted molar refractivity (Wildman–Crippen MR) is 110 cm³/mol. The van der Waals surface area contributed by atoms with Gasteiger partial charge in [0.05, 0.1) is 5.56 Å². The van der Waals surface area contributed by atoms with E-state index in [0.717, 1.165) is 25.0 Å². The zero-order valence-corrected chi connectivity index (χ0v) is 18.1. The van der Waals surface area contributed by atoms with Gasteiger partial charge in [0.1, 0.15) is 5.82 Å². The summed E-state index contributed by atoms with van der Waals surface area (Å²) < 4.78 is 52.5. The molecule has 5 nitrogen and oxygen atoms in total. The molecule has 1 aromatic rings. The summed E-state index contributed by atoms with van der Waals surface area (Å²) in [6, 6.07) is 2.65. The lowest BCUT2D eigenvalue weighted by Gasteiger charge is -2.34. The van der Waals surface area contributed by atoms with Crippen LogP contribution in [0, 0.1) is 11.7 Å². The number of aliphatic imine (C=N–C) groups is 1. The van der Waals surface area contributed by atoms with E-state index in [9.17, 15) is 22.4 Å². The molecule has 158 valence electrons. The molecule has 2 N–H and O–H groups in total. The van der Waals surface area contributed by atoms with Crippen LogP contribution in [0.15, 0.2) is 23.2 Å². The van der Waals surface area contributed by atoms with Gasteiger partial charge in [0.25, 0.3) is 0 Å². The molecule has 0 bridgehead atoms. The molecule has 0 aromatic heterocycles. The first-order valence-corrected chi connectivity index (χ1v) is 8.76. The fourth-order valence-electron chi connectivity index (χ4n) is 3.19. The SMILES string of the molecule is CN=C(NCc1ccc(F)cc1C(F)(F)F)N1CCC(CC(=O)NC)CC1.I. The summed E-state index contributed by atoms with van der Waals surface area (Å²) in [7, 11) is 3.17. The van der Waals surface area contributed by atoms with Crippen molar-refractivity contribution in [2.24, 2.45) is 10.9 Å². The zero-order valence-electron chi connectivity index (χ0n) is 15.8. The van der Waals surface area contributed by atoms with Crippen molar-refractivity contribution in [2.45, 2.75) is 32.0 Å². The van der Waals surface area contributed by atoms with Crippen LogP contribution in [-0.4, -0.2) is 44.0 Å². The van der Waals surface area contributed by atoms with Gasteiger partial charge in [0, 0.05) is 40.2 Å². The van der Waals surface area contributed by atoms with E-state index in [1.54, 1.807) is 14.1 Å². The molecule has 1 aliphatic rings. The lowest BCUT2D eigenvalue weighted by Crippen LogP contribution is -2.45. The van der Waals surface area contributed by atoms with Crippen LogP contribution in [0.3, 0.4) is 0 Å². The van der Waals surface area contributed by atoms with E-state index in [1.807, 2.05) is 4.90 Å². The van der Waals surface area contributed by atoms with E-state index in [-0.39, 0.29) is 47.9 Å². The Kier molecular flexibility index (Phi) is 9.45. The van der Waals surface area contributed by atoms with Crippen molar-refractivity contribution in [3.63, 3.8) is 0 Å². The molecule has 0 unspecified atom stereocenters. The molecule has 0 atom stereocenters. The number of alkyl halides is 3. The molecule has 0 saturated carbocycles. The van der Waals surface area contributed by atoms with Crippen LogP contribution in [-0.2, 0) is 17.5 Å². The Hall–Kier alpha value is -1.59. The number of nitrogens with one attached hydrogen (secondary N) is 2. The molecule has 1 saturated heterocycles. The molecule has 0 spiro atoms. The summed E-state index contributed by atoms with van der Waals surface area (Å²) in [4.78, 5) is 17.6. The van der Waals surface area contributed by atoms with Gasteiger partial charge >= 0.3 is 6.18 Å². The number of piperidine rings is 1. The average molecular weight is 516 g/mol. The number of hydrogen-bond donors (Lipinski definition) is 2. The first-order chi connectivity index (χ1) is 12.7. The Morgan fingerprint density at radius 3 is 2.46 bits per heavy atom. The van der Waals surface area contributed by atoms with Crippen LogP contribution in [0.25, 0.3) is 0 Å². The van der Waals surface area contributed by atoms with Gasteiger partial charge in [-0.3, -0.25) is 9.79 Å². The van der Waals surface area contributed by atoms with Crippen molar-refractivity contribution in [3.8, 4) is 0 Å². The maximum absolute atomic E-state index is 13.2. The Morgan fingerprint density at radius 1 is 1.29 bits per heavy atom. The standard InChI is InChI=1S/C18H24F4N4O.HI/c1-23-16(27)9-12-5-7-26(8-6-12)17(24-2)25-11-13-3-4-14(19)10-15(13)18(20,21)22;/h3-4,10,12H,5-9,11H2,1-2H3,(H,23,27)(H,24,25);1H. The van der Waals surface area contributed by atoms with E-state index >= 15 is 0 Å². The van der Waals surface area contributed by atoms with Crippen LogP contribution in [0.4, 0.5) is 17.6 Å².